The number of fused-ring (bicyclic) bond motifs is 2. The van der Waals surface area contributed by atoms with Gasteiger partial charge in [-0.05, 0) is 31.2 Å². The Hall–Kier alpha value is -3.03. The second-order valence-electron chi connectivity index (χ2n) is 18.6. The highest BCUT2D eigenvalue weighted by Gasteiger charge is 2.43. The van der Waals surface area contributed by atoms with Gasteiger partial charge in [-0.3, -0.25) is 14.5 Å². The Morgan fingerprint density at radius 2 is 0.795 bits per heavy atom. The van der Waals surface area contributed by atoms with E-state index < -0.39 is 0 Å². The number of amides is 6. The number of urea groups is 2. The minimum absolute atomic E-state index is 0.0284. The van der Waals surface area contributed by atoms with Crippen LogP contribution in [0.2, 0.25) is 0 Å². The van der Waals surface area contributed by atoms with Crippen LogP contribution in [-0.2, 0) is 66.4 Å². The molecule has 4 rings (SSSR count). The van der Waals surface area contributed by atoms with Crippen LogP contribution >= 0.6 is 23.5 Å². The SMILES string of the molecule is [N-]=[N+]=NCCOCCOCCOCCOCCN(CCOCCOCCOCCOCCNC(=O)CCCC[C@@H]1SC[C@@H]2NC(=O)N[C@@H]21)CCOCCOCCOCCOCCNC(=O)CCCC[C@@H]1SC[C@@H]2NC(=O)N[C@@H]21. The fourth-order valence-corrected chi connectivity index (χ4v) is 11.7. The van der Waals surface area contributed by atoms with Gasteiger partial charge in [0, 0.05) is 79.0 Å². The molecule has 4 saturated heterocycles. The fraction of sp³-hybridized carbons (Fsp3) is 0.920. The molecule has 4 fully saturated rings. The summed E-state index contributed by atoms with van der Waals surface area (Å²) in [5, 5.41) is 22.0. The molecule has 4 aliphatic rings. The number of carbonyl (C=O) groups excluding carboxylic acids is 4. The highest BCUT2D eigenvalue weighted by atomic mass is 32.2. The Balaban J connectivity index is 0.902. The Kier molecular flexibility index (Phi) is 40.3. The molecule has 450 valence electrons. The van der Waals surface area contributed by atoms with Crippen molar-refractivity contribution in [2.45, 2.75) is 86.0 Å². The fourth-order valence-electron chi connectivity index (χ4n) is 8.60. The smallest absolute Gasteiger partial charge is 0.315 e. The lowest BCUT2D eigenvalue weighted by Crippen LogP contribution is -2.36. The van der Waals surface area contributed by atoms with E-state index in [4.69, 9.17) is 62.4 Å². The van der Waals surface area contributed by atoms with E-state index in [0.29, 0.717) is 221 Å². The second-order valence-corrected chi connectivity index (χ2v) is 21.1. The van der Waals surface area contributed by atoms with E-state index in [0.717, 1.165) is 50.0 Å². The highest BCUT2D eigenvalue weighted by molar-refractivity contribution is 8.00. The first kappa shape index (κ1) is 67.5. The van der Waals surface area contributed by atoms with Gasteiger partial charge in [-0.2, -0.15) is 23.5 Å². The van der Waals surface area contributed by atoms with Crippen molar-refractivity contribution in [2.24, 2.45) is 5.11 Å². The number of carbonyl (C=O) groups is 4. The van der Waals surface area contributed by atoms with Crippen LogP contribution in [0.15, 0.2) is 5.11 Å². The lowest BCUT2D eigenvalue weighted by molar-refractivity contribution is -0.122. The minimum Gasteiger partial charge on any atom is -0.379 e. The first-order chi connectivity index (χ1) is 38.4. The van der Waals surface area contributed by atoms with Gasteiger partial charge in [0.25, 0.3) is 0 Å². The standard InChI is InChI=1S/C50H92N10O16S2/c51-59-54-11-17-67-23-29-73-35-38-76-32-26-70-20-14-60(12-18-68-24-30-74-36-33-71-27-21-65-15-9-52-45(61)7-3-1-5-43-47-41(39-77-43)55-49(63)57-47)13-19-69-25-31-75-37-34-72-28-22-66-16-10-53-46(62)8-4-2-6-44-48-42(40-78-44)56-50(64)58-48/h41-44,47-48H,1-40H2,(H,52,61)(H,53,62)(H2,55,57,63)(H2,56,58,64)/t41-,42-,43-,44-,47-,48-/m0/s1. The maximum absolute atomic E-state index is 12.2. The predicted molar refractivity (Wildman–Crippen MR) is 294 cm³/mol. The van der Waals surface area contributed by atoms with Gasteiger partial charge in [0.05, 0.1) is 183 Å². The Bertz CT molecular complexity index is 1530. The third kappa shape index (κ3) is 33.7. The van der Waals surface area contributed by atoms with Crippen molar-refractivity contribution in [3.8, 4) is 0 Å². The van der Waals surface area contributed by atoms with E-state index in [-0.39, 0.29) is 48.0 Å². The van der Waals surface area contributed by atoms with Crippen molar-refractivity contribution >= 4 is 47.4 Å². The number of rotatable bonds is 55. The molecule has 0 aromatic heterocycles. The van der Waals surface area contributed by atoms with Crippen molar-refractivity contribution in [2.75, 3.05) is 209 Å². The quantitative estimate of drug-likeness (QED) is 0.0165. The van der Waals surface area contributed by atoms with Crippen LogP contribution in [0.4, 0.5) is 9.59 Å². The van der Waals surface area contributed by atoms with Gasteiger partial charge in [-0.1, -0.05) is 18.0 Å². The van der Waals surface area contributed by atoms with Crippen LogP contribution in [0.3, 0.4) is 0 Å². The molecule has 4 heterocycles. The second kappa shape index (κ2) is 46.6. The molecule has 78 heavy (non-hydrogen) atoms. The Morgan fingerprint density at radius 3 is 1.14 bits per heavy atom. The first-order valence-corrected chi connectivity index (χ1v) is 30.1. The van der Waals surface area contributed by atoms with Gasteiger partial charge >= 0.3 is 12.1 Å². The van der Waals surface area contributed by atoms with Crippen molar-refractivity contribution < 1.29 is 76.0 Å². The van der Waals surface area contributed by atoms with Crippen molar-refractivity contribution in [3.63, 3.8) is 0 Å². The van der Waals surface area contributed by atoms with Gasteiger partial charge in [-0.25, -0.2) is 9.59 Å². The summed E-state index contributed by atoms with van der Waals surface area (Å²) in [6.07, 6.45) is 6.53. The van der Waals surface area contributed by atoms with Crippen molar-refractivity contribution in [1.82, 2.24) is 36.8 Å². The molecule has 4 aliphatic heterocycles. The van der Waals surface area contributed by atoms with E-state index in [1.807, 2.05) is 23.5 Å². The lowest BCUT2D eigenvalue weighted by atomic mass is 10.0. The zero-order valence-corrected chi connectivity index (χ0v) is 47.5. The first-order valence-electron chi connectivity index (χ1n) is 28.0. The zero-order chi connectivity index (χ0) is 55.2. The Morgan fingerprint density at radius 1 is 0.474 bits per heavy atom. The summed E-state index contributed by atoms with van der Waals surface area (Å²) >= 11 is 3.79. The number of ether oxygens (including phenoxy) is 12. The largest absolute Gasteiger partial charge is 0.379 e. The maximum atomic E-state index is 12.2. The summed E-state index contributed by atoms with van der Waals surface area (Å²) in [6, 6.07) is 0.724. The Labute approximate surface area is 469 Å². The molecule has 0 aromatic rings. The van der Waals surface area contributed by atoms with Gasteiger partial charge in [0.15, 0.2) is 0 Å². The van der Waals surface area contributed by atoms with E-state index in [1.54, 1.807) is 0 Å². The normalized spacial score (nSPS) is 20.3. The van der Waals surface area contributed by atoms with E-state index in [1.165, 1.54) is 0 Å². The monoisotopic (exact) mass is 1150 g/mol. The molecular formula is C50H92N10O16S2. The zero-order valence-electron chi connectivity index (χ0n) is 45.9. The summed E-state index contributed by atoms with van der Waals surface area (Å²) in [5.41, 5.74) is 8.28. The summed E-state index contributed by atoms with van der Waals surface area (Å²) < 4.78 is 67.6. The van der Waals surface area contributed by atoms with Crippen molar-refractivity contribution in [3.05, 3.63) is 10.4 Å². The average molecular weight is 1150 g/mol. The van der Waals surface area contributed by atoms with Crippen LogP contribution in [0.5, 0.6) is 0 Å². The summed E-state index contributed by atoms with van der Waals surface area (Å²) in [7, 11) is 0. The van der Waals surface area contributed by atoms with Gasteiger partial charge in [0.1, 0.15) is 0 Å². The third-order valence-electron chi connectivity index (χ3n) is 12.7. The molecule has 0 bridgehead atoms. The van der Waals surface area contributed by atoms with Crippen LogP contribution in [0.25, 0.3) is 10.4 Å². The summed E-state index contributed by atoms with van der Waals surface area (Å²) in [5.74, 6) is 1.95. The molecule has 26 nitrogen and oxygen atoms in total. The van der Waals surface area contributed by atoms with Gasteiger partial charge in [0.2, 0.25) is 11.8 Å². The number of azide groups is 1. The average Bonchev–Trinajstić information content (AvgIpc) is 4.22. The van der Waals surface area contributed by atoms with Gasteiger partial charge in [-0.15, -0.1) is 0 Å². The number of unbranched alkanes of at least 4 members (excludes halogenated alkanes) is 2. The molecule has 6 N–H and O–H groups in total. The number of thioether (sulfide) groups is 2. The number of nitrogens with one attached hydrogen (secondary N) is 6. The van der Waals surface area contributed by atoms with Crippen LogP contribution < -0.4 is 31.9 Å². The molecule has 6 amide bonds. The molecule has 28 heteroatoms. The van der Waals surface area contributed by atoms with E-state index >= 15 is 0 Å². The minimum atomic E-state index is -0.0705. The molecule has 0 unspecified atom stereocenters. The number of hydrogen-bond acceptors (Lipinski definition) is 20. The summed E-state index contributed by atoms with van der Waals surface area (Å²) in [4.78, 5) is 52.4. The molecule has 0 saturated carbocycles. The number of nitrogens with zero attached hydrogens (tertiary/aromatic N) is 4. The highest BCUT2D eigenvalue weighted by Crippen LogP contribution is 2.34. The molecule has 0 radical (unpaired) electrons. The van der Waals surface area contributed by atoms with E-state index in [2.05, 4.69) is 46.8 Å². The van der Waals surface area contributed by atoms with E-state index in [9.17, 15) is 19.2 Å². The maximum Gasteiger partial charge on any atom is 0.315 e. The van der Waals surface area contributed by atoms with Crippen LogP contribution in [0, 0.1) is 0 Å². The number of hydrogen-bond donors (Lipinski definition) is 6. The predicted octanol–water partition coefficient (Wildman–Crippen LogP) is 1.48. The molecule has 6 atom stereocenters. The van der Waals surface area contributed by atoms with Gasteiger partial charge < -0.3 is 88.7 Å². The van der Waals surface area contributed by atoms with Crippen LogP contribution in [0.1, 0.15) is 51.4 Å². The van der Waals surface area contributed by atoms with Crippen LogP contribution in [-0.4, -0.2) is 273 Å². The summed E-state index contributed by atoms with van der Waals surface area (Å²) in [6.45, 7) is 14.1. The molecule has 0 spiro atoms. The molecule has 0 aliphatic carbocycles. The molecular weight excluding hydrogens is 1060 g/mol. The van der Waals surface area contributed by atoms with Crippen molar-refractivity contribution in [1.29, 1.82) is 0 Å². The third-order valence-corrected chi connectivity index (χ3v) is 15.7. The molecule has 0 aromatic carbocycles. The lowest BCUT2D eigenvalue weighted by Gasteiger charge is -2.22. The topological polar surface area (TPSA) is 303 Å².